The van der Waals surface area contributed by atoms with E-state index in [9.17, 15) is 4.79 Å². The average Bonchev–Trinajstić information content (AvgIpc) is 3.62. The van der Waals surface area contributed by atoms with Crippen LogP contribution in [0.4, 0.5) is 0 Å². The van der Waals surface area contributed by atoms with Gasteiger partial charge in [-0.3, -0.25) is 4.98 Å². The summed E-state index contributed by atoms with van der Waals surface area (Å²) in [7, 11) is 1.33. The van der Waals surface area contributed by atoms with Crippen LogP contribution in [-0.4, -0.2) is 55.9 Å². The Hall–Kier alpha value is -4.42. The van der Waals surface area contributed by atoms with Gasteiger partial charge < -0.3 is 23.5 Å². The van der Waals surface area contributed by atoms with Crippen LogP contribution in [0.5, 0.6) is 5.88 Å². The number of nitrogens with zero attached hydrogens (tertiary/aromatic N) is 6. The number of carbonyl (C=O) groups excluding carboxylic acids is 1. The van der Waals surface area contributed by atoms with E-state index in [1.165, 1.54) is 13.3 Å². The van der Waals surface area contributed by atoms with Crippen molar-refractivity contribution in [1.82, 2.24) is 30.0 Å². The molecule has 1 fully saturated rings. The van der Waals surface area contributed by atoms with E-state index in [-0.39, 0.29) is 19.5 Å². The van der Waals surface area contributed by atoms with Gasteiger partial charge in [-0.05, 0) is 37.5 Å². The number of carbonyl (C=O) groups is 1. The van der Waals surface area contributed by atoms with Crippen molar-refractivity contribution in [3.05, 3.63) is 65.7 Å². The van der Waals surface area contributed by atoms with Gasteiger partial charge in [-0.1, -0.05) is 23.4 Å². The average molecular weight is 517 g/mol. The van der Waals surface area contributed by atoms with E-state index in [4.69, 9.17) is 23.5 Å². The summed E-state index contributed by atoms with van der Waals surface area (Å²) < 4.78 is 29.2. The third-order valence-corrected chi connectivity index (χ3v) is 6.17. The van der Waals surface area contributed by atoms with Gasteiger partial charge in [0.15, 0.2) is 23.4 Å². The summed E-state index contributed by atoms with van der Waals surface area (Å²) >= 11 is 0. The van der Waals surface area contributed by atoms with Crippen LogP contribution in [-0.2, 0) is 27.4 Å². The first kappa shape index (κ1) is 23.9. The van der Waals surface area contributed by atoms with Crippen molar-refractivity contribution >= 4 is 22.4 Å². The highest BCUT2D eigenvalue weighted by Crippen LogP contribution is 2.29. The Morgan fingerprint density at radius 3 is 2.79 bits per heavy atom. The first-order chi connectivity index (χ1) is 18.7. The van der Waals surface area contributed by atoms with Crippen molar-refractivity contribution in [3.8, 4) is 17.4 Å². The van der Waals surface area contributed by atoms with Crippen molar-refractivity contribution in [2.75, 3.05) is 13.7 Å². The van der Waals surface area contributed by atoms with Crippen molar-refractivity contribution in [2.45, 2.75) is 38.8 Å². The summed E-state index contributed by atoms with van der Waals surface area (Å²) in [5.41, 5.74) is 2.00. The minimum Gasteiger partial charge on any atom is -0.470 e. The predicted molar refractivity (Wildman–Crippen MR) is 132 cm³/mol. The molecule has 1 atom stereocenters. The van der Waals surface area contributed by atoms with E-state index in [2.05, 4.69) is 25.4 Å². The monoisotopic (exact) mass is 516 g/mol. The smallest absolute Gasteiger partial charge is 0.339 e. The van der Waals surface area contributed by atoms with Gasteiger partial charge >= 0.3 is 5.97 Å². The molecule has 1 saturated heterocycles. The van der Waals surface area contributed by atoms with Crippen molar-refractivity contribution < 1.29 is 28.3 Å². The molecule has 6 rings (SSSR count). The second kappa shape index (κ2) is 10.5. The standard InChI is InChI=1S/C26H24N6O6/c1-34-26(33)16-9-10-17(27-13-16)14-37-25-20-7-3-2-6-19(20)23-28-29-24(32(23)30-25)21-12-18(38-31-21)15-36-22-8-4-5-11-35-22/h2-3,6-7,9-10,12-13,22H,4-5,8,11,14-15H2,1H3. The van der Waals surface area contributed by atoms with Gasteiger partial charge in [0.25, 0.3) is 0 Å². The number of ether oxygens (including phenoxy) is 4. The number of aromatic nitrogens is 6. The molecule has 0 radical (unpaired) electrons. The third-order valence-electron chi connectivity index (χ3n) is 6.17. The maximum Gasteiger partial charge on any atom is 0.339 e. The molecule has 0 saturated carbocycles. The van der Waals surface area contributed by atoms with Crippen LogP contribution in [0.25, 0.3) is 27.9 Å². The third kappa shape index (κ3) is 4.78. The molecule has 0 N–H and O–H groups in total. The van der Waals surface area contributed by atoms with E-state index in [0.29, 0.717) is 46.7 Å². The normalized spacial score (nSPS) is 15.7. The van der Waals surface area contributed by atoms with Crippen molar-refractivity contribution in [1.29, 1.82) is 0 Å². The van der Waals surface area contributed by atoms with Crippen LogP contribution in [0.15, 0.2) is 53.2 Å². The molecular weight excluding hydrogens is 492 g/mol. The highest BCUT2D eigenvalue weighted by Gasteiger charge is 2.20. The quantitative estimate of drug-likeness (QED) is 0.279. The highest BCUT2D eigenvalue weighted by atomic mass is 16.7. The zero-order valence-corrected chi connectivity index (χ0v) is 20.6. The van der Waals surface area contributed by atoms with Gasteiger partial charge in [-0.15, -0.1) is 15.3 Å². The topological polar surface area (TPSA) is 136 Å². The molecule has 0 bridgehead atoms. The van der Waals surface area contributed by atoms with Gasteiger partial charge in [0.2, 0.25) is 11.7 Å². The predicted octanol–water partition coefficient (Wildman–Crippen LogP) is 3.74. The molecule has 1 unspecified atom stereocenters. The second-order valence-corrected chi connectivity index (χ2v) is 8.71. The lowest BCUT2D eigenvalue weighted by Crippen LogP contribution is -2.21. The van der Waals surface area contributed by atoms with E-state index < -0.39 is 5.97 Å². The summed E-state index contributed by atoms with van der Waals surface area (Å²) in [4.78, 5) is 16.0. The fourth-order valence-corrected chi connectivity index (χ4v) is 4.21. The van der Waals surface area contributed by atoms with Gasteiger partial charge in [0.1, 0.15) is 13.2 Å². The molecule has 5 heterocycles. The van der Waals surface area contributed by atoms with Crippen molar-refractivity contribution in [3.63, 3.8) is 0 Å². The lowest BCUT2D eigenvalue weighted by molar-refractivity contribution is -0.171. The van der Waals surface area contributed by atoms with E-state index in [1.807, 2.05) is 24.3 Å². The molecule has 12 nitrogen and oxygen atoms in total. The van der Waals surface area contributed by atoms with Gasteiger partial charge in [0, 0.05) is 29.6 Å². The lowest BCUT2D eigenvalue weighted by Gasteiger charge is -2.21. The zero-order chi connectivity index (χ0) is 25.9. The molecule has 38 heavy (non-hydrogen) atoms. The highest BCUT2D eigenvalue weighted by molar-refractivity contribution is 5.97. The molecule has 0 aliphatic carbocycles. The fourth-order valence-electron chi connectivity index (χ4n) is 4.21. The molecule has 0 spiro atoms. The number of methoxy groups -OCH3 is 1. The first-order valence-electron chi connectivity index (χ1n) is 12.2. The maximum atomic E-state index is 11.7. The number of hydrogen-bond acceptors (Lipinski definition) is 11. The lowest BCUT2D eigenvalue weighted by atomic mass is 10.2. The maximum absolute atomic E-state index is 11.7. The Bertz CT molecular complexity index is 1570. The first-order valence-corrected chi connectivity index (χ1v) is 12.2. The number of fused-ring (bicyclic) bond motifs is 3. The second-order valence-electron chi connectivity index (χ2n) is 8.71. The largest absolute Gasteiger partial charge is 0.470 e. The van der Waals surface area contributed by atoms with E-state index in [0.717, 1.165) is 30.0 Å². The number of benzene rings is 1. The van der Waals surface area contributed by atoms with Crippen LogP contribution >= 0.6 is 0 Å². The molecule has 0 amide bonds. The summed E-state index contributed by atoms with van der Waals surface area (Å²) in [6, 6.07) is 12.7. The van der Waals surface area contributed by atoms with Crippen LogP contribution in [0.1, 0.15) is 41.1 Å². The van der Waals surface area contributed by atoms with Gasteiger partial charge in [0.05, 0.1) is 18.4 Å². The SMILES string of the molecule is COC(=O)c1ccc(COc2nn3c(-c4cc(COC5CCCCO5)on4)nnc3c3ccccc23)nc1. The fraction of sp³-hybridized carbons (Fsp3) is 0.308. The molecule has 1 aliphatic heterocycles. The summed E-state index contributed by atoms with van der Waals surface area (Å²) in [5, 5.41) is 19.1. The summed E-state index contributed by atoms with van der Waals surface area (Å²) in [6.07, 6.45) is 4.21. The molecule has 5 aromatic rings. The number of esters is 1. The molecule has 12 heteroatoms. The molecule has 1 aliphatic rings. The van der Waals surface area contributed by atoms with E-state index in [1.54, 1.807) is 22.7 Å². The van der Waals surface area contributed by atoms with Crippen LogP contribution in [0.2, 0.25) is 0 Å². The summed E-state index contributed by atoms with van der Waals surface area (Å²) in [6.45, 7) is 1.08. The Morgan fingerprint density at radius 2 is 2.00 bits per heavy atom. The van der Waals surface area contributed by atoms with Gasteiger partial charge in [-0.25, -0.2) is 4.79 Å². The zero-order valence-electron chi connectivity index (χ0n) is 20.6. The number of pyridine rings is 1. The Balaban J connectivity index is 1.26. The Kier molecular flexibility index (Phi) is 6.63. The minimum absolute atomic E-state index is 0.135. The molecule has 194 valence electrons. The van der Waals surface area contributed by atoms with Crippen LogP contribution < -0.4 is 4.74 Å². The summed E-state index contributed by atoms with van der Waals surface area (Å²) in [5.74, 6) is 0.868. The number of hydrogen-bond donors (Lipinski definition) is 0. The van der Waals surface area contributed by atoms with Gasteiger partial charge in [-0.2, -0.15) is 4.52 Å². The van der Waals surface area contributed by atoms with E-state index >= 15 is 0 Å². The van der Waals surface area contributed by atoms with Crippen LogP contribution in [0.3, 0.4) is 0 Å². The number of rotatable bonds is 8. The minimum atomic E-state index is -0.451. The van der Waals surface area contributed by atoms with Crippen LogP contribution in [0, 0.1) is 0 Å². The Labute approximate surface area is 216 Å². The van der Waals surface area contributed by atoms with Crippen molar-refractivity contribution in [2.24, 2.45) is 0 Å². The molecule has 1 aromatic carbocycles. The molecule has 4 aromatic heterocycles. The Morgan fingerprint density at radius 1 is 1.11 bits per heavy atom. The molecular formula is C26H24N6O6.